The molecule has 0 unspecified atom stereocenters. The van der Waals surface area contributed by atoms with Gasteiger partial charge in [0, 0.05) is 5.39 Å². The zero-order valence-corrected chi connectivity index (χ0v) is 7.84. The highest BCUT2D eigenvalue weighted by molar-refractivity contribution is 6.34. The van der Waals surface area contributed by atoms with Gasteiger partial charge in [0.2, 0.25) is 0 Å². The molecule has 0 saturated carbocycles. The first-order chi connectivity index (χ1) is 6.18. The Labute approximate surface area is 80.6 Å². The molecule has 0 aliphatic rings. The number of aryl methyl sites for hydroxylation is 1. The second-order valence-corrected chi connectivity index (χ2v) is 3.27. The summed E-state index contributed by atoms with van der Waals surface area (Å²) in [7, 11) is 0. The quantitative estimate of drug-likeness (QED) is 0.515. The average Bonchev–Trinajstić information content (AvgIpc) is 2.07. The van der Waals surface area contributed by atoms with E-state index in [2.05, 4.69) is 9.97 Å². The highest BCUT2D eigenvalue weighted by Gasteiger charge is 2.04. The summed E-state index contributed by atoms with van der Waals surface area (Å²) in [4.78, 5) is 7.95. The van der Waals surface area contributed by atoms with Crippen LogP contribution in [-0.4, -0.2) is 9.97 Å². The summed E-state index contributed by atoms with van der Waals surface area (Å²) in [5.41, 5.74) is 8.19. The van der Waals surface area contributed by atoms with Crippen LogP contribution in [0.25, 0.3) is 10.9 Å². The van der Waals surface area contributed by atoms with Gasteiger partial charge in [0.25, 0.3) is 0 Å². The van der Waals surface area contributed by atoms with Crippen molar-refractivity contribution in [3.8, 4) is 0 Å². The summed E-state index contributed by atoms with van der Waals surface area (Å²) in [6.07, 6.45) is 1.41. The van der Waals surface area contributed by atoms with Crippen molar-refractivity contribution in [2.75, 3.05) is 5.73 Å². The molecule has 2 rings (SSSR count). The minimum Gasteiger partial charge on any atom is -0.397 e. The van der Waals surface area contributed by atoms with Gasteiger partial charge in [0.15, 0.2) is 0 Å². The molecule has 0 radical (unpaired) electrons. The van der Waals surface area contributed by atoms with Gasteiger partial charge in [-0.2, -0.15) is 0 Å². The lowest BCUT2D eigenvalue weighted by Crippen LogP contribution is -1.92. The molecule has 0 saturated heterocycles. The van der Waals surface area contributed by atoms with E-state index in [0.29, 0.717) is 16.4 Å². The fourth-order valence-electron chi connectivity index (χ4n) is 1.32. The Bertz CT molecular complexity index is 468. The number of rotatable bonds is 0. The van der Waals surface area contributed by atoms with Crippen LogP contribution in [0.2, 0.25) is 5.15 Å². The third kappa shape index (κ3) is 1.31. The van der Waals surface area contributed by atoms with Crippen molar-refractivity contribution in [2.24, 2.45) is 0 Å². The maximum absolute atomic E-state index is 5.89. The highest BCUT2D eigenvalue weighted by Crippen LogP contribution is 2.24. The predicted octanol–water partition coefficient (Wildman–Crippen LogP) is 2.17. The van der Waals surface area contributed by atoms with Crippen LogP contribution in [0.5, 0.6) is 0 Å². The number of aromatic nitrogens is 2. The lowest BCUT2D eigenvalue weighted by molar-refractivity contribution is 1.22. The normalized spacial score (nSPS) is 10.6. The predicted molar refractivity (Wildman–Crippen MR) is 53.7 cm³/mol. The molecule has 3 nitrogen and oxygen atoms in total. The van der Waals surface area contributed by atoms with Gasteiger partial charge in [-0.15, -0.1) is 0 Å². The molecule has 0 spiro atoms. The number of halogens is 1. The van der Waals surface area contributed by atoms with Crippen LogP contribution in [0, 0.1) is 6.92 Å². The molecule has 1 heterocycles. The fourth-order valence-corrected chi connectivity index (χ4v) is 1.50. The van der Waals surface area contributed by atoms with E-state index in [9.17, 15) is 0 Å². The van der Waals surface area contributed by atoms with Crippen molar-refractivity contribution in [3.63, 3.8) is 0 Å². The maximum Gasteiger partial charge on any atom is 0.140 e. The number of benzene rings is 1. The zero-order chi connectivity index (χ0) is 9.42. The molecule has 0 aliphatic heterocycles. The third-order valence-electron chi connectivity index (χ3n) is 1.86. The molecule has 66 valence electrons. The summed E-state index contributed by atoms with van der Waals surface area (Å²) < 4.78 is 0. The standard InChI is InChI=1S/C9H8ClN3/c1-5-2-6-8(7(11)3-5)12-4-13-9(6)10/h2-4H,11H2,1H3. The van der Waals surface area contributed by atoms with Gasteiger partial charge in [0.05, 0.1) is 11.2 Å². The highest BCUT2D eigenvalue weighted by atomic mass is 35.5. The van der Waals surface area contributed by atoms with Gasteiger partial charge in [-0.25, -0.2) is 9.97 Å². The molecule has 2 aromatic rings. The lowest BCUT2D eigenvalue weighted by atomic mass is 10.1. The van der Waals surface area contributed by atoms with E-state index in [4.69, 9.17) is 17.3 Å². The topological polar surface area (TPSA) is 51.8 Å². The first-order valence-corrected chi connectivity index (χ1v) is 4.22. The van der Waals surface area contributed by atoms with Crippen molar-refractivity contribution in [2.45, 2.75) is 6.92 Å². The minimum atomic E-state index is 0.445. The number of nitrogen functional groups attached to an aromatic ring is 1. The summed E-state index contributed by atoms with van der Waals surface area (Å²) >= 11 is 5.89. The van der Waals surface area contributed by atoms with E-state index in [-0.39, 0.29) is 0 Å². The number of anilines is 1. The van der Waals surface area contributed by atoms with E-state index in [1.54, 1.807) is 0 Å². The zero-order valence-electron chi connectivity index (χ0n) is 7.08. The van der Waals surface area contributed by atoms with Gasteiger partial charge < -0.3 is 5.73 Å². The van der Waals surface area contributed by atoms with Gasteiger partial charge in [-0.3, -0.25) is 0 Å². The number of nitrogens with two attached hydrogens (primary N) is 1. The SMILES string of the molecule is Cc1cc(N)c2ncnc(Cl)c2c1. The van der Waals surface area contributed by atoms with E-state index in [0.717, 1.165) is 10.9 Å². The first-order valence-electron chi connectivity index (χ1n) is 3.85. The summed E-state index contributed by atoms with van der Waals surface area (Å²) in [5, 5.41) is 1.25. The van der Waals surface area contributed by atoms with Gasteiger partial charge in [0.1, 0.15) is 11.5 Å². The van der Waals surface area contributed by atoms with Crippen molar-refractivity contribution < 1.29 is 0 Å². The Morgan fingerprint density at radius 2 is 2.08 bits per heavy atom. The van der Waals surface area contributed by atoms with Crippen LogP contribution in [0.1, 0.15) is 5.56 Å². The number of nitrogens with zero attached hydrogens (tertiary/aromatic N) is 2. The second-order valence-electron chi connectivity index (χ2n) is 2.91. The average molecular weight is 194 g/mol. The van der Waals surface area contributed by atoms with E-state index < -0.39 is 0 Å². The third-order valence-corrected chi connectivity index (χ3v) is 2.17. The van der Waals surface area contributed by atoms with Gasteiger partial charge in [-0.1, -0.05) is 11.6 Å². The Kier molecular flexibility index (Phi) is 1.81. The molecule has 2 N–H and O–H groups in total. The minimum absolute atomic E-state index is 0.445. The van der Waals surface area contributed by atoms with E-state index in [1.807, 2.05) is 19.1 Å². The number of hydrogen-bond donors (Lipinski definition) is 1. The van der Waals surface area contributed by atoms with Crippen LogP contribution >= 0.6 is 11.6 Å². The molecule has 13 heavy (non-hydrogen) atoms. The van der Waals surface area contributed by atoms with Crippen molar-refractivity contribution in [3.05, 3.63) is 29.2 Å². The Morgan fingerprint density at radius 3 is 2.85 bits per heavy atom. The molecule has 0 aliphatic carbocycles. The Hall–Kier alpha value is -1.35. The summed E-state index contributed by atoms with van der Waals surface area (Å²) in [6.45, 7) is 1.96. The fraction of sp³-hybridized carbons (Fsp3) is 0.111. The van der Waals surface area contributed by atoms with E-state index in [1.165, 1.54) is 6.33 Å². The van der Waals surface area contributed by atoms with Crippen LogP contribution in [-0.2, 0) is 0 Å². The molecule has 4 heteroatoms. The summed E-state index contributed by atoms with van der Waals surface area (Å²) in [5.74, 6) is 0. The van der Waals surface area contributed by atoms with Crippen LogP contribution in [0.15, 0.2) is 18.5 Å². The van der Waals surface area contributed by atoms with Gasteiger partial charge >= 0.3 is 0 Å². The Morgan fingerprint density at radius 1 is 1.31 bits per heavy atom. The summed E-state index contributed by atoms with van der Waals surface area (Å²) in [6, 6.07) is 3.79. The smallest absolute Gasteiger partial charge is 0.140 e. The molecule has 1 aromatic carbocycles. The van der Waals surface area contributed by atoms with Crippen molar-refractivity contribution in [1.29, 1.82) is 0 Å². The van der Waals surface area contributed by atoms with E-state index >= 15 is 0 Å². The Balaban J connectivity index is 2.94. The second kappa shape index (κ2) is 2.85. The van der Waals surface area contributed by atoms with Crippen LogP contribution < -0.4 is 5.73 Å². The lowest BCUT2D eigenvalue weighted by Gasteiger charge is -2.03. The molecular weight excluding hydrogens is 186 g/mol. The first kappa shape index (κ1) is 8.26. The molecule has 0 atom stereocenters. The van der Waals surface area contributed by atoms with Crippen molar-refractivity contribution in [1.82, 2.24) is 9.97 Å². The van der Waals surface area contributed by atoms with Crippen LogP contribution in [0.3, 0.4) is 0 Å². The van der Waals surface area contributed by atoms with Crippen LogP contribution in [0.4, 0.5) is 5.69 Å². The number of hydrogen-bond acceptors (Lipinski definition) is 3. The molecule has 0 fully saturated rings. The number of fused-ring (bicyclic) bond motifs is 1. The molecule has 0 amide bonds. The molecular formula is C9H8ClN3. The largest absolute Gasteiger partial charge is 0.397 e. The maximum atomic E-state index is 5.89. The molecule has 0 bridgehead atoms. The van der Waals surface area contributed by atoms with Crippen molar-refractivity contribution >= 4 is 28.2 Å². The van der Waals surface area contributed by atoms with Gasteiger partial charge in [-0.05, 0) is 24.6 Å². The monoisotopic (exact) mass is 193 g/mol. The molecule has 1 aromatic heterocycles.